The van der Waals surface area contributed by atoms with E-state index >= 15 is 0 Å². The Morgan fingerprint density at radius 2 is 1.86 bits per heavy atom. The number of benzene rings is 1. The van der Waals surface area contributed by atoms with Gasteiger partial charge in [-0.15, -0.1) is 0 Å². The van der Waals surface area contributed by atoms with Crippen LogP contribution in [0.4, 0.5) is 23.2 Å². The lowest BCUT2D eigenvalue weighted by atomic mass is 10.2. The minimum Gasteiger partial charge on any atom is -0.374 e. The zero-order valence-electron chi connectivity index (χ0n) is 7.40. The molecule has 78 valence electrons. The molecule has 0 saturated carbocycles. The zero-order valence-corrected chi connectivity index (χ0v) is 7.40. The van der Waals surface area contributed by atoms with Crippen LogP contribution in [0.1, 0.15) is 6.92 Å². The second-order valence-corrected chi connectivity index (χ2v) is 2.89. The Balaban J connectivity index is 2.80. The van der Waals surface area contributed by atoms with Gasteiger partial charge in [0.05, 0.1) is 11.7 Å². The molecule has 0 amide bonds. The van der Waals surface area contributed by atoms with Crippen LogP contribution in [-0.2, 0) is 0 Å². The predicted molar refractivity (Wildman–Crippen MR) is 45.4 cm³/mol. The number of rotatable bonds is 3. The molecule has 0 heterocycles. The molecule has 0 aliphatic heterocycles. The highest BCUT2D eigenvalue weighted by molar-refractivity contribution is 5.45. The van der Waals surface area contributed by atoms with Crippen LogP contribution in [0.25, 0.3) is 0 Å². The maximum atomic E-state index is 12.9. The second kappa shape index (κ2) is 4.30. The van der Waals surface area contributed by atoms with Gasteiger partial charge >= 0.3 is 0 Å². The third-order valence-corrected chi connectivity index (χ3v) is 1.69. The smallest absolute Gasteiger partial charge is 0.258 e. The van der Waals surface area contributed by atoms with E-state index in [9.17, 15) is 17.6 Å². The Morgan fingerprint density at radius 1 is 1.21 bits per heavy atom. The molecular formula is C9H9F4N. The van der Waals surface area contributed by atoms with Crippen LogP contribution in [0.15, 0.2) is 18.2 Å². The van der Waals surface area contributed by atoms with E-state index < -0.39 is 24.1 Å². The summed E-state index contributed by atoms with van der Waals surface area (Å²) in [4.78, 5) is 0. The van der Waals surface area contributed by atoms with Crippen LogP contribution >= 0.6 is 0 Å². The highest BCUT2D eigenvalue weighted by Gasteiger charge is 2.15. The average molecular weight is 207 g/mol. The van der Waals surface area contributed by atoms with Gasteiger partial charge in [-0.25, -0.2) is 17.6 Å². The summed E-state index contributed by atoms with van der Waals surface area (Å²) in [7, 11) is 0. The molecule has 1 N–H and O–H groups in total. The van der Waals surface area contributed by atoms with Gasteiger partial charge in [0.1, 0.15) is 11.6 Å². The Kier molecular flexibility index (Phi) is 3.33. The van der Waals surface area contributed by atoms with Crippen LogP contribution in [-0.4, -0.2) is 12.5 Å². The van der Waals surface area contributed by atoms with Gasteiger partial charge in [0.2, 0.25) is 0 Å². The first kappa shape index (κ1) is 10.8. The van der Waals surface area contributed by atoms with E-state index in [2.05, 4.69) is 5.32 Å². The molecule has 1 rings (SSSR count). The maximum Gasteiger partial charge on any atom is 0.258 e. The summed E-state index contributed by atoms with van der Waals surface area (Å²) in [5, 5.41) is 2.19. The fourth-order valence-electron chi connectivity index (χ4n) is 0.916. The van der Waals surface area contributed by atoms with E-state index in [1.165, 1.54) is 6.92 Å². The molecule has 0 fully saturated rings. The topological polar surface area (TPSA) is 12.0 Å². The summed E-state index contributed by atoms with van der Waals surface area (Å²) >= 11 is 0. The summed E-state index contributed by atoms with van der Waals surface area (Å²) in [6, 6.07) is 1.43. The van der Waals surface area contributed by atoms with E-state index in [0.717, 1.165) is 18.2 Å². The first-order chi connectivity index (χ1) is 6.50. The molecule has 5 heteroatoms. The summed E-state index contributed by atoms with van der Waals surface area (Å²) in [5.41, 5.74) is -0.252. The molecule has 0 bridgehead atoms. The molecule has 0 radical (unpaired) electrons. The average Bonchev–Trinajstić information content (AvgIpc) is 2.11. The molecule has 1 nitrogen and oxygen atoms in total. The molecule has 0 aromatic heterocycles. The standard InChI is InChI=1S/C9H9F4N/c1-5(9(12)13)14-8-4-6(10)2-3-7(8)11/h2-5,9,14H,1H3. The minimum atomic E-state index is -2.63. The Labute approximate surface area is 78.7 Å². The Hall–Kier alpha value is -1.26. The van der Waals surface area contributed by atoms with Crippen LogP contribution < -0.4 is 5.32 Å². The van der Waals surface area contributed by atoms with Gasteiger partial charge < -0.3 is 5.32 Å². The van der Waals surface area contributed by atoms with Crippen molar-refractivity contribution in [1.29, 1.82) is 0 Å². The van der Waals surface area contributed by atoms with Crippen LogP contribution in [0.5, 0.6) is 0 Å². The fourth-order valence-corrected chi connectivity index (χ4v) is 0.916. The van der Waals surface area contributed by atoms with Gasteiger partial charge in [0.15, 0.2) is 0 Å². The van der Waals surface area contributed by atoms with Crippen molar-refractivity contribution in [3.63, 3.8) is 0 Å². The molecule has 0 saturated heterocycles. The Morgan fingerprint density at radius 3 is 2.43 bits per heavy atom. The lowest BCUT2D eigenvalue weighted by Gasteiger charge is -2.14. The van der Waals surface area contributed by atoms with Crippen molar-refractivity contribution < 1.29 is 17.6 Å². The normalized spacial score (nSPS) is 13.0. The SMILES string of the molecule is CC(Nc1cc(F)ccc1F)C(F)F. The van der Waals surface area contributed by atoms with Crippen molar-refractivity contribution >= 4 is 5.69 Å². The monoisotopic (exact) mass is 207 g/mol. The number of halogens is 4. The molecule has 14 heavy (non-hydrogen) atoms. The lowest BCUT2D eigenvalue weighted by molar-refractivity contribution is 0.130. The molecular weight excluding hydrogens is 198 g/mol. The highest BCUT2D eigenvalue weighted by atomic mass is 19.3. The van der Waals surface area contributed by atoms with Crippen molar-refractivity contribution in [2.24, 2.45) is 0 Å². The molecule has 1 aromatic rings. The number of anilines is 1. The van der Waals surface area contributed by atoms with Crippen molar-refractivity contribution in [2.75, 3.05) is 5.32 Å². The predicted octanol–water partition coefficient (Wildman–Crippen LogP) is 3.03. The Bertz CT molecular complexity index is 314. The van der Waals surface area contributed by atoms with E-state index in [1.54, 1.807) is 0 Å². The number of hydrogen-bond donors (Lipinski definition) is 1. The summed E-state index contributed by atoms with van der Waals surface area (Å²) in [6.45, 7) is 1.19. The molecule has 1 aromatic carbocycles. The van der Waals surface area contributed by atoms with Crippen molar-refractivity contribution in [3.05, 3.63) is 29.8 Å². The van der Waals surface area contributed by atoms with E-state index in [-0.39, 0.29) is 5.69 Å². The van der Waals surface area contributed by atoms with E-state index in [4.69, 9.17) is 0 Å². The molecule has 0 spiro atoms. The molecule has 1 unspecified atom stereocenters. The molecule has 0 aliphatic rings. The zero-order chi connectivity index (χ0) is 10.7. The van der Waals surface area contributed by atoms with Gasteiger partial charge in [0.25, 0.3) is 6.43 Å². The second-order valence-electron chi connectivity index (χ2n) is 2.89. The highest BCUT2D eigenvalue weighted by Crippen LogP contribution is 2.17. The third kappa shape index (κ3) is 2.61. The van der Waals surface area contributed by atoms with Gasteiger partial charge in [-0.05, 0) is 25.1 Å². The van der Waals surface area contributed by atoms with Crippen LogP contribution in [0, 0.1) is 11.6 Å². The first-order valence-corrected chi connectivity index (χ1v) is 4.00. The number of hydrogen-bond acceptors (Lipinski definition) is 1. The summed E-state index contributed by atoms with van der Waals surface area (Å²) in [5.74, 6) is -1.42. The van der Waals surface area contributed by atoms with Crippen molar-refractivity contribution in [1.82, 2.24) is 0 Å². The number of nitrogens with one attached hydrogen (secondary N) is 1. The van der Waals surface area contributed by atoms with E-state index in [0.29, 0.717) is 0 Å². The first-order valence-electron chi connectivity index (χ1n) is 4.00. The molecule has 0 aliphatic carbocycles. The van der Waals surface area contributed by atoms with Crippen molar-refractivity contribution in [2.45, 2.75) is 19.4 Å². The summed E-state index contributed by atoms with van der Waals surface area (Å²) < 4.78 is 49.7. The maximum absolute atomic E-state index is 12.9. The third-order valence-electron chi connectivity index (χ3n) is 1.69. The van der Waals surface area contributed by atoms with Gasteiger partial charge in [-0.2, -0.15) is 0 Å². The molecule has 1 atom stereocenters. The van der Waals surface area contributed by atoms with E-state index in [1.807, 2.05) is 0 Å². The lowest BCUT2D eigenvalue weighted by Crippen LogP contribution is -2.24. The summed E-state index contributed by atoms with van der Waals surface area (Å²) in [6.07, 6.45) is -2.63. The van der Waals surface area contributed by atoms with Gasteiger partial charge in [0, 0.05) is 0 Å². The quantitative estimate of drug-likeness (QED) is 0.751. The largest absolute Gasteiger partial charge is 0.374 e. The van der Waals surface area contributed by atoms with Crippen LogP contribution in [0.2, 0.25) is 0 Å². The number of alkyl halides is 2. The van der Waals surface area contributed by atoms with Crippen molar-refractivity contribution in [3.8, 4) is 0 Å². The fraction of sp³-hybridized carbons (Fsp3) is 0.333. The van der Waals surface area contributed by atoms with Crippen LogP contribution in [0.3, 0.4) is 0 Å². The minimum absolute atomic E-state index is 0.252. The van der Waals surface area contributed by atoms with Gasteiger partial charge in [-0.1, -0.05) is 0 Å². The van der Waals surface area contributed by atoms with Gasteiger partial charge in [-0.3, -0.25) is 0 Å².